The third-order valence-corrected chi connectivity index (χ3v) is 5.17. The highest BCUT2D eigenvalue weighted by Crippen LogP contribution is 2.24. The molecule has 0 aliphatic heterocycles. The summed E-state index contributed by atoms with van der Waals surface area (Å²) in [7, 11) is -2.93. The first kappa shape index (κ1) is 15.2. The van der Waals surface area contributed by atoms with Crippen LogP contribution in [0.1, 0.15) is 42.6 Å². The molecule has 0 radical (unpaired) electrons. The van der Waals surface area contributed by atoms with E-state index < -0.39 is 15.9 Å². The molecule has 1 aromatic rings. The summed E-state index contributed by atoms with van der Waals surface area (Å²) in [4.78, 5) is 0. The van der Waals surface area contributed by atoms with Crippen LogP contribution in [0.5, 0.6) is 0 Å². The van der Waals surface area contributed by atoms with E-state index in [1.807, 2.05) is 32.0 Å². The van der Waals surface area contributed by atoms with E-state index in [2.05, 4.69) is 0 Å². The third-order valence-electron chi connectivity index (χ3n) is 3.38. The van der Waals surface area contributed by atoms with E-state index in [-0.39, 0.29) is 11.5 Å². The fourth-order valence-corrected chi connectivity index (χ4v) is 2.83. The summed E-state index contributed by atoms with van der Waals surface area (Å²) >= 11 is 0. The number of aryl methyl sites for hydroxylation is 1. The van der Waals surface area contributed by atoms with Gasteiger partial charge < -0.3 is 5.11 Å². The van der Waals surface area contributed by atoms with Crippen molar-refractivity contribution in [2.24, 2.45) is 0 Å². The van der Waals surface area contributed by atoms with Gasteiger partial charge in [-0.25, -0.2) is 8.42 Å². The van der Waals surface area contributed by atoms with Crippen LogP contribution in [0.2, 0.25) is 0 Å². The summed E-state index contributed by atoms with van der Waals surface area (Å²) in [6.07, 6.45) is 0.422. The van der Waals surface area contributed by atoms with Gasteiger partial charge in [0.1, 0.15) is 9.84 Å². The smallest absolute Gasteiger partial charge is 0.150 e. The predicted octanol–water partition coefficient (Wildman–Crippen LogP) is 2.55. The minimum atomic E-state index is -2.93. The Kier molecular flexibility index (Phi) is 5.35. The van der Waals surface area contributed by atoms with E-state index in [4.69, 9.17) is 0 Å². The zero-order valence-corrected chi connectivity index (χ0v) is 12.1. The SMILES string of the molecule is CCS(=O)(=O)CCCC(O)c1cccc(C)c1C. The Morgan fingerprint density at radius 2 is 1.94 bits per heavy atom. The van der Waals surface area contributed by atoms with Gasteiger partial charge in [-0.3, -0.25) is 0 Å². The molecule has 0 aliphatic rings. The molecule has 0 heterocycles. The van der Waals surface area contributed by atoms with Gasteiger partial charge in [0, 0.05) is 5.75 Å². The van der Waals surface area contributed by atoms with Crippen molar-refractivity contribution >= 4 is 9.84 Å². The van der Waals surface area contributed by atoms with Crippen molar-refractivity contribution in [3.05, 3.63) is 34.9 Å². The molecular formula is C14H22O3S. The molecule has 0 aliphatic carbocycles. The van der Waals surface area contributed by atoms with E-state index >= 15 is 0 Å². The van der Waals surface area contributed by atoms with Crippen molar-refractivity contribution in [3.8, 4) is 0 Å². The highest BCUT2D eigenvalue weighted by atomic mass is 32.2. The maximum absolute atomic E-state index is 11.4. The number of aliphatic hydroxyl groups excluding tert-OH is 1. The van der Waals surface area contributed by atoms with Gasteiger partial charge in [-0.1, -0.05) is 25.1 Å². The average Bonchev–Trinajstić information content (AvgIpc) is 2.32. The molecule has 4 heteroatoms. The Morgan fingerprint density at radius 1 is 1.28 bits per heavy atom. The summed E-state index contributed by atoms with van der Waals surface area (Å²) in [5, 5.41) is 10.1. The largest absolute Gasteiger partial charge is 0.388 e. The predicted molar refractivity (Wildman–Crippen MR) is 74.4 cm³/mol. The number of hydrogen-bond donors (Lipinski definition) is 1. The fourth-order valence-electron chi connectivity index (χ4n) is 1.93. The first-order chi connectivity index (χ1) is 8.37. The van der Waals surface area contributed by atoms with Crippen LogP contribution in [0.4, 0.5) is 0 Å². The molecule has 3 nitrogen and oxygen atoms in total. The number of sulfone groups is 1. The van der Waals surface area contributed by atoms with Crippen LogP contribution in [0.25, 0.3) is 0 Å². The van der Waals surface area contributed by atoms with E-state index in [9.17, 15) is 13.5 Å². The molecule has 18 heavy (non-hydrogen) atoms. The zero-order valence-electron chi connectivity index (χ0n) is 11.3. The summed E-state index contributed by atoms with van der Waals surface area (Å²) in [5.74, 6) is 0.331. The number of rotatable bonds is 6. The minimum Gasteiger partial charge on any atom is -0.388 e. The Hall–Kier alpha value is -0.870. The van der Waals surface area contributed by atoms with Crippen LogP contribution in [0.15, 0.2) is 18.2 Å². The maximum Gasteiger partial charge on any atom is 0.150 e. The highest BCUT2D eigenvalue weighted by Gasteiger charge is 2.13. The Morgan fingerprint density at radius 3 is 2.56 bits per heavy atom. The fraction of sp³-hybridized carbons (Fsp3) is 0.571. The van der Waals surface area contributed by atoms with Crippen LogP contribution >= 0.6 is 0 Å². The van der Waals surface area contributed by atoms with Crippen molar-refractivity contribution in [2.45, 2.75) is 39.7 Å². The minimum absolute atomic E-state index is 0.158. The molecule has 1 unspecified atom stereocenters. The second-order valence-electron chi connectivity index (χ2n) is 4.68. The van der Waals surface area contributed by atoms with Gasteiger partial charge in [-0.15, -0.1) is 0 Å². The van der Waals surface area contributed by atoms with Gasteiger partial charge >= 0.3 is 0 Å². The molecule has 1 atom stereocenters. The van der Waals surface area contributed by atoms with Crippen LogP contribution in [0.3, 0.4) is 0 Å². The lowest BCUT2D eigenvalue weighted by molar-refractivity contribution is 0.166. The van der Waals surface area contributed by atoms with Crippen molar-refractivity contribution in [1.29, 1.82) is 0 Å². The van der Waals surface area contributed by atoms with E-state index in [1.165, 1.54) is 0 Å². The lowest BCUT2D eigenvalue weighted by Crippen LogP contribution is -2.10. The first-order valence-electron chi connectivity index (χ1n) is 6.32. The molecule has 1 aromatic carbocycles. The maximum atomic E-state index is 11.4. The van der Waals surface area contributed by atoms with Crippen LogP contribution < -0.4 is 0 Å². The van der Waals surface area contributed by atoms with E-state index in [0.29, 0.717) is 12.8 Å². The van der Waals surface area contributed by atoms with Gasteiger partial charge in [-0.05, 0) is 43.4 Å². The van der Waals surface area contributed by atoms with Crippen molar-refractivity contribution in [2.75, 3.05) is 11.5 Å². The number of benzene rings is 1. The summed E-state index contributed by atoms with van der Waals surface area (Å²) in [5.41, 5.74) is 3.14. The molecule has 0 bridgehead atoms. The van der Waals surface area contributed by atoms with Gasteiger partial charge in [0.2, 0.25) is 0 Å². The summed E-state index contributed by atoms with van der Waals surface area (Å²) < 4.78 is 22.7. The lowest BCUT2D eigenvalue weighted by atomic mass is 9.97. The summed E-state index contributed by atoms with van der Waals surface area (Å²) in [6, 6.07) is 5.83. The Bertz CT molecular complexity index is 492. The van der Waals surface area contributed by atoms with Gasteiger partial charge in [0.25, 0.3) is 0 Å². The van der Waals surface area contributed by atoms with Crippen molar-refractivity contribution < 1.29 is 13.5 Å². The normalized spacial score (nSPS) is 13.6. The Balaban J connectivity index is 2.61. The standard InChI is InChI=1S/C14H22O3S/c1-4-18(16,17)10-6-9-14(15)13-8-5-7-11(2)12(13)3/h5,7-8,14-15H,4,6,9-10H2,1-3H3. The second kappa shape index (κ2) is 6.34. The molecular weight excluding hydrogens is 248 g/mol. The van der Waals surface area contributed by atoms with Gasteiger partial charge in [-0.2, -0.15) is 0 Å². The van der Waals surface area contributed by atoms with Crippen molar-refractivity contribution in [1.82, 2.24) is 0 Å². The van der Waals surface area contributed by atoms with Crippen LogP contribution in [0, 0.1) is 13.8 Å². The highest BCUT2D eigenvalue weighted by molar-refractivity contribution is 7.91. The molecule has 0 fully saturated rings. The van der Waals surface area contributed by atoms with Gasteiger partial charge in [0.15, 0.2) is 0 Å². The quantitative estimate of drug-likeness (QED) is 0.864. The van der Waals surface area contributed by atoms with E-state index in [0.717, 1.165) is 16.7 Å². The molecule has 0 saturated heterocycles. The third kappa shape index (κ3) is 4.10. The molecule has 0 saturated carbocycles. The zero-order chi connectivity index (χ0) is 13.8. The van der Waals surface area contributed by atoms with Crippen LogP contribution in [-0.4, -0.2) is 25.0 Å². The topological polar surface area (TPSA) is 54.4 Å². The first-order valence-corrected chi connectivity index (χ1v) is 8.14. The second-order valence-corrected chi connectivity index (χ2v) is 7.16. The molecule has 1 rings (SSSR count). The molecule has 1 N–H and O–H groups in total. The van der Waals surface area contributed by atoms with Crippen molar-refractivity contribution in [3.63, 3.8) is 0 Å². The van der Waals surface area contributed by atoms with Gasteiger partial charge in [0.05, 0.1) is 11.9 Å². The molecule has 0 spiro atoms. The lowest BCUT2D eigenvalue weighted by Gasteiger charge is -2.15. The average molecular weight is 270 g/mol. The molecule has 102 valence electrons. The number of aliphatic hydroxyl groups is 1. The monoisotopic (exact) mass is 270 g/mol. The number of hydrogen-bond acceptors (Lipinski definition) is 3. The van der Waals surface area contributed by atoms with E-state index in [1.54, 1.807) is 6.92 Å². The molecule has 0 amide bonds. The Labute approximate surface area is 110 Å². The summed E-state index contributed by atoms with van der Waals surface area (Å²) in [6.45, 7) is 5.64. The van der Waals surface area contributed by atoms with Crippen LogP contribution in [-0.2, 0) is 9.84 Å². The molecule has 0 aromatic heterocycles.